The Morgan fingerprint density at radius 3 is 0.588 bits per heavy atom. The zero-order chi connectivity index (χ0) is 109. The first kappa shape index (κ1) is 114. The summed E-state index contributed by atoms with van der Waals surface area (Å²) >= 11 is 0. The number of alkyl halides is 24. The van der Waals surface area contributed by atoms with Crippen LogP contribution in [0.1, 0.15) is 248 Å². The molecule has 8 fully saturated rings. The minimum atomic E-state index is -4.97. The quantitative estimate of drug-likeness (QED) is 0.0350. The van der Waals surface area contributed by atoms with Crippen molar-refractivity contribution in [2.24, 2.45) is 35.1 Å². The fourth-order valence-electron chi connectivity index (χ4n) is 22.0. The highest BCUT2D eigenvalue weighted by atomic mass is 19.4. The van der Waals surface area contributed by atoms with Gasteiger partial charge in [0.2, 0.25) is 23.6 Å². The minimum absolute atomic E-state index is 0. The molecule has 0 radical (unpaired) electrons. The summed E-state index contributed by atoms with van der Waals surface area (Å²) in [5, 5.41) is 11.8. The molecular weight excluding hydrogens is 2020 g/mol. The van der Waals surface area contributed by atoms with E-state index in [1.165, 1.54) is 76.2 Å². The second-order valence-electron chi connectivity index (χ2n) is 39.5. The molecule has 0 spiro atoms. The van der Waals surface area contributed by atoms with E-state index in [4.69, 9.17) is 30.4 Å². The lowest BCUT2D eigenvalue weighted by molar-refractivity contribution is -0.145. The number of nitrogens with one attached hydrogen (secondary N) is 4. The number of hydrogen-bond donors (Lipinski definition) is 6. The number of carbonyl (C=O) groups is 4. The zero-order valence-corrected chi connectivity index (χ0v) is 80.4. The Labute approximate surface area is 838 Å². The van der Waals surface area contributed by atoms with E-state index >= 15 is 0 Å². The van der Waals surface area contributed by atoms with Gasteiger partial charge in [0.25, 0.3) is 0 Å². The van der Waals surface area contributed by atoms with Crippen LogP contribution in [0.3, 0.4) is 0 Å². The lowest BCUT2D eigenvalue weighted by atomic mass is 9.82. The van der Waals surface area contributed by atoms with Gasteiger partial charge in [0.15, 0.2) is 0 Å². The van der Waals surface area contributed by atoms with Gasteiger partial charge in [-0.1, -0.05) is 48.5 Å². The smallest absolute Gasteiger partial charge is 0.370 e. The molecule has 24 atom stereocenters. The molecule has 816 valence electrons. The highest BCUT2D eigenvalue weighted by Crippen LogP contribution is 2.55. The predicted octanol–water partition coefficient (Wildman–Crippen LogP) is 25.1. The van der Waals surface area contributed by atoms with Crippen LogP contribution < -0.4 is 32.7 Å². The first-order chi connectivity index (χ1) is 68.8. The minimum Gasteiger partial charge on any atom is -0.370 e. The molecule has 16 nitrogen and oxygen atoms in total. The molecular formula is C104H116F28N8O8. The van der Waals surface area contributed by atoms with Crippen LogP contribution in [-0.4, -0.2) is 134 Å². The van der Waals surface area contributed by atoms with Crippen LogP contribution in [0.2, 0.25) is 0 Å². The van der Waals surface area contributed by atoms with Crippen LogP contribution in [0, 0.1) is 46.9 Å². The van der Waals surface area contributed by atoms with Crippen molar-refractivity contribution >= 4 is 23.6 Å². The highest BCUT2D eigenvalue weighted by molar-refractivity contribution is 5.86. The Kier molecular flexibility index (Phi) is 34.9. The van der Waals surface area contributed by atoms with Crippen molar-refractivity contribution in [3.8, 4) is 0 Å². The number of carbonyl (C=O) groups excluding carboxylic acids is 4. The van der Waals surface area contributed by atoms with Gasteiger partial charge in [0.05, 0.1) is 118 Å². The molecule has 0 unspecified atom stereocenters. The number of amides is 4. The summed E-state index contributed by atoms with van der Waals surface area (Å²) in [4.78, 5) is 52.7. The summed E-state index contributed by atoms with van der Waals surface area (Å²) < 4.78 is 400. The SMILES string of the molecule is C[C@@H](O[C@H]1CC[C@@H]([C@H]2C[C@@H](N(C)C)C(=O)N2)[C@@H]1c1ccc(F)cc1)c1cc(C(F)(F)F)cc(C(F)(F)F)c1.C[C@@H](O[C@H]1CC[C@@H]([C@H]2C[C@@H](N)C(=O)N2)[C@@H]1c1ccc(F)cc1)c1cc(C(F)(F)F)cc(C(F)(F)F)c1.C[C@@H](O[C@H]1CC[C@@H]([C@H]2C[C@H](N(C)C)C(=O)N2)[C@@H]1c1ccc(F)cc1)c1cc(C(F)(F)F)cc(C(F)(F)F)c1.C[C@@H](O[C@H]1CC[C@@H]([C@H]2C[C@H](N)C(=O)N2)[C@@H]1c1ccc(F)cc1)c1cc(C(F)(F)F)cc(C(F)(F)F)c1.[HH].[HH].[HH].[HH]. The standard InChI is InChI=1S/2C27H29F7N2O2.2C25H25F7N2O2.4H2/c2*1-14(16-10-17(26(29,30)31)12-18(11-16)27(32,33)34)38-23-9-8-20(21-13-22(36(2)3)25(37)35-21)24(23)15-4-6-19(28)7-5-15;2*1-12(14-8-15(24(27,28)29)10-16(9-14)25(30,31)32)36-21-7-6-18(20-11-19(33)23(35)34-20)22(21)13-2-4-17(26)5-3-13;;;;/h2*4-7,10-12,14,20-24H,8-9,13H2,1-3H3,(H,35,37);2*2-5,8-10,12,18-22H,6-7,11,33H2,1H3,(H,34,35);4*1H/t14-,20+,21-,22+,23+,24+;14-,20+,21-,22-,23+,24+;12-,18+,19+,20-,21+,22+;12-,18+,19-,20-,21+,22+;;;;/m1111..../s1. The molecule has 0 bridgehead atoms. The third-order valence-electron chi connectivity index (χ3n) is 29.3. The Balaban J connectivity index is 0.000000223. The lowest BCUT2D eigenvalue weighted by Crippen LogP contribution is -2.37. The van der Waals surface area contributed by atoms with Gasteiger partial charge in [-0.15, -0.1) is 0 Å². The maximum absolute atomic E-state index is 13.7. The van der Waals surface area contributed by atoms with Gasteiger partial charge in [-0.2, -0.15) is 105 Å². The van der Waals surface area contributed by atoms with Gasteiger partial charge in [0.1, 0.15) is 23.3 Å². The van der Waals surface area contributed by atoms with E-state index in [1.807, 2.05) is 9.80 Å². The highest BCUT2D eigenvalue weighted by Gasteiger charge is 2.54. The molecule has 0 aromatic heterocycles. The second kappa shape index (κ2) is 45.1. The summed E-state index contributed by atoms with van der Waals surface area (Å²) in [5.41, 5.74) is 2.32. The fourth-order valence-corrected chi connectivity index (χ4v) is 22.0. The van der Waals surface area contributed by atoms with E-state index < -0.39 is 178 Å². The molecule has 44 heteroatoms. The van der Waals surface area contributed by atoms with Crippen LogP contribution in [0.15, 0.2) is 170 Å². The van der Waals surface area contributed by atoms with Crippen LogP contribution in [-0.2, 0) is 87.5 Å². The summed E-state index contributed by atoms with van der Waals surface area (Å²) in [6, 6.07) is 25.7. The lowest BCUT2D eigenvalue weighted by Gasteiger charge is -2.31. The second-order valence-corrected chi connectivity index (χ2v) is 39.5. The Hall–Kier alpha value is -10.6. The number of benzene rings is 8. The summed E-state index contributed by atoms with van der Waals surface area (Å²) in [5.74, 6) is -4.61. The van der Waals surface area contributed by atoms with Gasteiger partial charge in [-0.3, -0.25) is 29.0 Å². The number of ether oxygens (including phenoxy) is 4. The molecule has 8 aliphatic rings. The largest absolute Gasteiger partial charge is 0.416 e. The summed E-state index contributed by atoms with van der Waals surface area (Å²) in [7, 11) is 7.21. The van der Waals surface area contributed by atoms with Gasteiger partial charge >= 0.3 is 49.4 Å². The number of hydrogen-bond acceptors (Lipinski definition) is 12. The van der Waals surface area contributed by atoms with E-state index in [0.29, 0.717) is 137 Å². The third-order valence-corrected chi connectivity index (χ3v) is 29.3. The van der Waals surface area contributed by atoms with Crippen molar-refractivity contribution in [2.75, 3.05) is 28.2 Å². The normalized spacial score (nSPS) is 27.5. The summed E-state index contributed by atoms with van der Waals surface area (Å²) in [6.07, 6.45) is -40.3. The maximum Gasteiger partial charge on any atom is 0.416 e. The van der Waals surface area contributed by atoms with Crippen LogP contribution in [0.25, 0.3) is 0 Å². The van der Waals surface area contributed by atoms with Gasteiger partial charge in [-0.25, -0.2) is 17.6 Å². The monoisotopic (exact) mass is 2140 g/mol. The van der Waals surface area contributed by atoms with Crippen molar-refractivity contribution in [3.63, 3.8) is 0 Å². The molecule has 4 saturated carbocycles. The van der Waals surface area contributed by atoms with Crippen molar-refractivity contribution < 1.29 is 167 Å². The fraction of sp³-hybridized carbons (Fsp3) is 0.500. The van der Waals surface area contributed by atoms with Crippen LogP contribution in [0.4, 0.5) is 123 Å². The molecule has 4 saturated heterocycles. The van der Waals surface area contributed by atoms with Gasteiger partial charge < -0.3 is 51.7 Å². The molecule has 8 aromatic carbocycles. The molecule has 148 heavy (non-hydrogen) atoms. The van der Waals surface area contributed by atoms with Crippen LogP contribution in [0.5, 0.6) is 0 Å². The molecule has 4 heterocycles. The first-order valence-corrected chi connectivity index (χ1v) is 47.6. The molecule has 16 rings (SSSR count). The Morgan fingerprint density at radius 1 is 0.270 bits per heavy atom. The van der Waals surface area contributed by atoms with Gasteiger partial charge in [0, 0.05) is 53.5 Å². The maximum atomic E-state index is 13.7. The third kappa shape index (κ3) is 27.6. The number of nitrogens with zero attached hydrogens (tertiary/aromatic N) is 2. The topological polar surface area (TPSA) is 212 Å². The molecule has 4 aliphatic carbocycles. The van der Waals surface area contributed by atoms with E-state index in [2.05, 4.69) is 21.3 Å². The van der Waals surface area contributed by atoms with Crippen molar-refractivity contribution in [3.05, 3.63) is 282 Å². The average Bonchev–Trinajstić information content (AvgIpc) is 1.75. The molecule has 4 amide bonds. The van der Waals surface area contributed by atoms with Crippen LogP contribution >= 0.6 is 0 Å². The average molecular weight is 2140 g/mol. The van der Waals surface area contributed by atoms with E-state index in [-0.39, 0.29) is 159 Å². The number of nitrogens with two attached hydrogens (primary N) is 2. The van der Waals surface area contributed by atoms with E-state index in [1.54, 1.807) is 76.7 Å². The van der Waals surface area contributed by atoms with Crippen molar-refractivity contribution in [1.82, 2.24) is 31.1 Å². The van der Waals surface area contributed by atoms with Gasteiger partial charge in [-0.05, 0) is 322 Å². The molecule has 8 aromatic rings. The van der Waals surface area contributed by atoms with Crippen molar-refractivity contribution in [2.45, 2.75) is 275 Å². The number of likely N-dealkylation sites (N-methyl/N-ethyl adjacent to an activating group) is 2. The van der Waals surface area contributed by atoms with Crippen molar-refractivity contribution in [1.29, 1.82) is 0 Å². The molecule has 4 aliphatic heterocycles. The Morgan fingerprint density at radius 2 is 0.439 bits per heavy atom. The first-order valence-electron chi connectivity index (χ1n) is 47.6. The Bertz CT molecular complexity index is 5460. The predicted molar refractivity (Wildman–Crippen MR) is 492 cm³/mol. The zero-order valence-electron chi connectivity index (χ0n) is 80.4. The number of rotatable bonds is 22. The number of halogens is 28. The van der Waals surface area contributed by atoms with E-state index in [9.17, 15) is 142 Å². The van der Waals surface area contributed by atoms with E-state index in [0.717, 1.165) is 11.1 Å². The molecule has 8 N–H and O–H groups in total. The summed E-state index contributed by atoms with van der Waals surface area (Å²) in [6.45, 7) is 5.64.